The van der Waals surface area contributed by atoms with Gasteiger partial charge in [0.05, 0.1) is 0 Å². The maximum atomic E-state index is 12.1. The van der Waals surface area contributed by atoms with E-state index in [-0.39, 0.29) is 17.8 Å². The van der Waals surface area contributed by atoms with Gasteiger partial charge in [-0.2, -0.15) is 0 Å². The van der Waals surface area contributed by atoms with Crippen molar-refractivity contribution >= 4 is 5.78 Å². The molecule has 2 N–H and O–H groups in total. The second kappa shape index (κ2) is 5.06. The number of benzene rings is 1. The van der Waals surface area contributed by atoms with Crippen molar-refractivity contribution in [1.82, 2.24) is 9.97 Å². The fourth-order valence-electron chi connectivity index (χ4n) is 1.76. The molecule has 0 aliphatic heterocycles. The monoisotopic (exact) mass is 258 g/mol. The first-order chi connectivity index (χ1) is 8.97. The Morgan fingerprint density at radius 3 is 2.53 bits per heavy atom. The molecule has 0 saturated carbocycles. The fourth-order valence-corrected chi connectivity index (χ4v) is 1.76. The van der Waals surface area contributed by atoms with Gasteiger partial charge in [-0.15, -0.1) is 0 Å². The molecule has 2 aromatic rings. The van der Waals surface area contributed by atoms with Crippen LogP contribution in [0.4, 0.5) is 0 Å². The summed E-state index contributed by atoms with van der Waals surface area (Å²) in [5.41, 5.74) is 1.85. The summed E-state index contributed by atoms with van der Waals surface area (Å²) >= 11 is 0. The predicted octanol–water partition coefficient (Wildman–Crippen LogP) is 1.11. The van der Waals surface area contributed by atoms with E-state index in [1.807, 2.05) is 19.9 Å². The number of hydrogen-bond donors (Lipinski definition) is 2. The van der Waals surface area contributed by atoms with E-state index in [9.17, 15) is 14.4 Å². The summed E-state index contributed by atoms with van der Waals surface area (Å²) in [7, 11) is 0. The molecule has 98 valence electrons. The van der Waals surface area contributed by atoms with Crippen molar-refractivity contribution in [3.8, 4) is 0 Å². The molecule has 1 aromatic heterocycles. The number of nitrogens with one attached hydrogen (secondary N) is 2. The molecule has 0 aliphatic carbocycles. The van der Waals surface area contributed by atoms with Crippen LogP contribution in [0.5, 0.6) is 0 Å². The number of H-pyrrole nitrogens is 2. The van der Waals surface area contributed by atoms with Crippen LogP contribution in [0.25, 0.3) is 0 Å². The lowest BCUT2D eigenvalue weighted by Gasteiger charge is -2.04. The van der Waals surface area contributed by atoms with Crippen molar-refractivity contribution in [3.63, 3.8) is 0 Å². The molecule has 0 bridgehead atoms. The molecule has 0 aliphatic rings. The molecule has 0 fully saturated rings. The van der Waals surface area contributed by atoms with Crippen molar-refractivity contribution in [2.24, 2.45) is 0 Å². The Labute approximate surface area is 109 Å². The normalized spacial score (nSPS) is 10.4. The summed E-state index contributed by atoms with van der Waals surface area (Å²) < 4.78 is 0. The third-order valence-electron chi connectivity index (χ3n) is 3.08. The Hall–Kier alpha value is -2.43. The molecule has 1 aromatic carbocycles. The summed E-state index contributed by atoms with van der Waals surface area (Å²) in [4.78, 5) is 38.9. The number of aromatic amines is 2. The first-order valence-electron chi connectivity index (χ1n) is 5.88. The zero-order valence-corrected chi connectivity index (χ0v) is 10.7. The van der Waals surface area contributed by atoms with Gasteiger partial charge in [-0.05, 0) is 31.0 Å². The fraction of sp³-hybridized carbons (Fsp3) is 0.214. The van der Waals surface area contributed by atoms with Gasteiger partial charge in [0.1, 0.15) is 0 Å². The highest BCUT2D eigenvalue weighted by Gasteiger charge is 2.10. The third kappa shape index (κ3) is 2.88. The molecular weight excluding hydrogens is 244 g/mol. The highest BCUT2D eigenvalue weighted by Crippen LogP contribution is 2.11. The van der Waals surface area contributed by atoms with Gasteiger partial charge >= 0.3 is 5.69 Å². The van der Waals surface area contributed by atoms with E-state index in [4.69, 9.17) is 0 Å². The van der Waals surface area contributed by atoms with E-state index >= 15 is 0 Å². The van der Waals surface area contributed by atoms with Crippen LogP contribution in [0.2, 0.25) is 0 Å². The highest BCUT2D eigenvalue weighted by atomic mass is 16.2. The molecule has 0 amide bonds. The second-order valence-electron chi connectivity index (χ2n) is 4.50. The van der Waals surface area contributed by atoms with Gasteiger partial charge in [0, 0.05) is 23.7 Å². The Morgan fingerprint density at radius 1 is 1.16 bits per heavy atom. The summed E-state index contributed by atoms with van der Waals surface area (Å²) in [6, 6.07) is 5.42. The molecule has 0 spiro atoms. The van der Waals surface area contributed by atoms with E-state index in [1.165, 1.54) is 6.20 Å². The lowest BCUT2D eigenvalue weighted by Crippen LogP contribution is -2.26. The third-order valence-corrected chi connectivity index (χ3v) is 3.08. The van der Waals surface area contributed by atoms with Crippen LogP contribution in [0.1, 0.15) is 27.0 Å². The standard InChI is InChI=1S/C14H14N2O3/c1-8-3-4-10(5-9(8)2)12(17)6-11-7-15-14(19)16-13(11)18/h3-5,7H,6H2,1-2H3,(H2,15,16,18,19). The van der Waals surface area contributed by atoms with Gasteiger partial charge in [-0.3, -0.25) is 14.6 Å². The smallest absolute Gasteiger partial charge is 0.314 e. The average molecular weight is 258 g/mol. The van der Waals surface area contributed by atoms with E-state index in [0.29, 0.717) is 5.56 Å². The predicted molar refractivity (Wildman–Crippen MR) is 71.6 cm³/mol. The van der Waals surface area contributed by atoms with E-state index in [1.54, 1.807) is 12.1 Å². The number of rotatable bonds is 3. The molecule has 0 unspecified atom stereocenters. The average Bonchev–Trinajstić information content (AvgIpc) is 2.36. The van der Waals surface area contributed by atoms with Gasteiger partial charge in [-0.25, -0.2) is 4.79 Å². The van der Waals surface area contributed by atoms with Crippen LogP contribution in [-0.4, -0.2) is 15.8 Å². The quantitative estimate of drug-likeness (QED) is 0.809. The minimum atomic E-state index is -0.577. The first-order valence-corrected chi connectivity index (χ1v) is 5.88. The van der Waals surface area contributed by atoms with Crippen LogP contribution in [0.3, 0.4) is 0 Å². The highest BCUT2D eigenvalue weighted by molar-refractivity contribution is 5.97. The summed E-state index contributed by atoms with van der Waals surface area (Å²) in [6.07, 6.45) is 1.24. The van der Waals surface area contributed by atoms with Crippen molar-refractivity contribution in [1.29, 1.82) is 0 Å². The molecular formula is C14H14N2O3. The van der Waals surface area contributed by atoms with Gasteiger partial charge < -0.3 is 4.98 Å². The van der Waals surface area contributed by atoms with Gasteiger partial charge in [0.15, 0.2) is 5.78 Å². The van der Waals surface area contributed by atoms with Crippen LogP contribution in [-0.2, 0) is 6.42 Å². The van der Waals surface area contributed by atoms with Crippen LogP contribution >= 0.6 is 0 Å². The molecule has 19 heavy (non-hydrogen) atoms. The molecule has 5 heteroatoms. The molecule has 0 saturated heterocycles. The number of aromatic nitrogens is 2. The molecule has 0 radical (unpaired) electrons. The van der Waals surface area contributed by atoms with Crippen molar-refractivity contribution in [2.45, 2.75) is 20.3 Å². The maximum Gasteiger partial charge on any atom is 0.325 e. The number of aryl methyl sites for hydroxylation is 2. The second-order valence-corrected chi connectivity index (χ2v) is 4.50. The summed E-state index contributed by atoms with van der Waals surface area (Å²) in [5, 5.41) is 0. The van der Waals surface area contributed by atoms with Gasteiger partial charge in [0.2, 0.25) is 0 Å². The molecule has 0 atom stereocenters. The van der Waals surface area contributed by atoms with Crippen molar-refractivity contribution in [2.75, 3.05) is 0 Å². The van der Waals surface area contributed by atoms with Crippen LogP contribution < -0.4 is 11.2 Å². The van der Waals surface area contributed by atoms with Gasteiger partial charge in [-0.1, -0.05) is 12.1 Å². The summed E-state index contributed by atoms with van der Waals surface area (Å²) in [5.74, 6) is -0.152. The van der Waals surface area contributed by atoms with E-state index < -0.39 is 11.2 Å². The summed E-state index contributed by atoms with van der Waals surface area (Å²) in [6.45, 7) is 3.90. The molecule has 1 heterocycles. The van der Waals surface area contributed by atoms with Crippen molar-refractivity contribution < 1.29 is 4.79 Å². The molecule has 5 nitrogen and oxygen atoms in total. The zero-order valence-electron chi connectivity index (χ0n) is 10.7. The maximum absolute atomic E-state index is 12.1. The lowest BCUT2D eigenvalue weighted by atomic mass is 10.0. The largest absolute Gasteiger partial charge is 0.325 e. The zero-order chi connectivity index (χ0) is 14.0. The minimum Gasteiger partial charge on any atom is -0.314 e. The Morgan fingerprint density at radius 2 is 1.89 bits per heavy atom. The number of ketones is 1. The Balaban J connectivity index is 2.28. The lowest BCUT2D eigenvalue weighted by molar-refractivity contribution is 0.0992. The number of carbonyl (C=O) groups excluding carboxylic acids is 1. The minimum absolute atomic E-state index is 0.0331. The number of Topliss-reactive ketones (excluding diaryl/α,β-unsaturated/α-hetero) is 1. The van der Waals surface area contributed by atoms with E-state index in [0.717, 1.165) is 11.1 Å². The topological polar surface area (TPSA) is 82.8 Å². The first kappa shape index (κ1) is 13.0. The van der Waals surface area contributed by atoms with Crippen molar-refractivity contribution in [3.05, 3.63) is 67.5 Å². The molecule has 2 rings (SSSR count). The number of hydrogen-bond acceptors (Lipinski definition) is 3. The van der Waals surface area contributed by atoms with Crippen LogP contribution in [0.15, 0.2) is 34.0 Å². The number of carbonyl (C=O) groups is 1. The Kier molecular flexibility index (Phi) is 3.46. The SMILES string of the molecule is Cc1ccc(C(=O)Cc2c[nH]c(=O)[nH]c2=O)cc1C. The van der Waals surface area contributed by atoms with E-state index in [2.05, 4.69) is 9.97 Å². The van der Waals surface area contributed by atoms with Gasteiger partial charge in [0.25, 0.3) is 5.56 Å². The van der Waals surface area contributed by atoms with Crippen LogP contribution in [0, 0.1) is 13.8 Å². The Bertz CT molecular complexity index is 741.